The number of para-hydroxylation sites is 1. The number of hydrogen-bond acceptors (Lipinski definition) is 2. The third kappa shape index (κ3) is 3.73. The molecule has 0 radical (unpaired) electrons. The van der Waals surface area contributed by atoms with Gasteiger partial charge in [-0.25, -0.2) is 4.79 Å². The molecule has 0 atom stereocenters. The predicted octanol–water partition coefficient (Wildman–Crippen LogP) is 2.52. The van der Waals surface area contributed by atoms with Gasteiger partial charge in [0.2, 0.25) is 5.91 Å². The molecule has 3 amide bonds. The molecule has 5 N–H and O–H groups in total. The summed E-state index contributed by atoms with van der Waals surface area (Å²) in [5.41, 5.74) is 8.62. The monoisotopic (exact) mass is 322 g/mol. The van der Waals surface area contributed by atoms with Crippen LogP contribution in [0.5, 0.6) is 0 Å². The van der Waals surface area contributed by atoms with Gasteiger partial charge in [0, 0.05) is 29.3 Å². The molecule has 0 bridgehead atoms. The summed E-state index contributed by atoms with van der Waals surface area (Å²) in [6, 6.07) is 14.4. The zero-order valence-corrected chi connectivity index (χ0v) is 13.0. The smallest absolute Gasteiger partial charge is 0.316 e. The molecule has 1 heterocycles. The highest BCUT2D eigenvalue weighted by Gasteiger charge is 2.08. The molecule has 3 rings (SSSR count). The summed E-state index contributed by atoms with van der Waals surface area (Å²) < 4.78 is 0. The number of aromatic amines is 1. The molecule has 6 nitrogen and oxygen atoms in total. The van der Waals surface area contributed by atoms with Crippen molar-refractivity contribution in [3.63, 3.8) is 0 Å². The fourth-order valence-corrected chi connectivity index (χ4v) is 2.56. The Morgan fingerprint density at radius 1 is 1.04 bits per heavy atom. The minimum absolute atomic E-state index is 0.0425. The number of fused-ring (bicyclic) bond motifs is 1. The molecular formula is C18H18N4O2. The third-order valence-electron chi connectivity index (χ3n) is 3.74. The van der Waals surface area contributed by atoms with E-state index < -0.39 is 6.03 Å². The Labute approximate surface area is 139 Å². The summed E-state index contributed by atoms with van der Waals surface area (Å²) in [5, 5.41) is 6.45. The van der Waals surface area contributed by atoms with Crippen LogP contribution in [0.2, 0.25) is 0 Å². The van der Waals surface area contributed by atoms with Crippen molar-refractivity contribution in [1.82, 2.24) is 10.3 Å². The van der Waals surface area contributed by atoms with E-state index in [4.69, 9.17) is 5.73 Å². The molecule has 0 saturated carbocycles. The molecule has 24 heavy (non-hydrogen) atoms. The van der Waals surface area contributed by atoms with E-state index >= 15 is 0 Å². The fourth-order valence-electron chi connectivity index (χ4n) is 2.56. The van der Waals surface area contributed by atoms with Crippen molar-refractivity contribution < 1.29 is 9.59 Å². The molecule has 0 unspecified atom stereocenters. The number of primary amides is 1. The molecule has 6 heteroatoms. The van der Waals surface area contributed by atoms with Gasteiger partial charge in [-0.05, 0) is 29.3 Å². The van der Waals surface area contributed by atoms with E-state index in [-0.39, 0.29) is 5.91 Å². The highest BCUT2D eigenvalue weighted by Crippen LogP contribution is 2.18. The standard InChI is InChI=1S/C18H18N4O2/c19-18(24)22-14-7-5-12(6-8-14)10-21-17(23)9-13-11-20-16-4-2-1-3-15(13)16/h1-8,11,20H,9-10H2,(H,21,23)(H3,19,22,24). The Kier molecular flexibility index (Phi) is 4.47. The van der Waals surface area contributed by atoms with Crippen LogP contribution < -0.4 is 16.4 Å². The van der Waals surface area contributed by atoms with Crippen LogP contribution in [0.1, 0.15) is 11.1 Å². The minimum Gasteiger partial charge on any atom is -0.361 e. The zero-order valence-electron chi connectivity index (χ0n) is 13.0. The number of carbonyl (C=O) groups is 2. The van der Waals surface area contributed by atoms with E-state index in [0.29, 0.717) is 18.7 Å². The van der Waals surface area contributed by atoms with Gasteiger partial charge in [-0.2, -0.15) is 0 Å². The van der Waals surface area contributed by atoms with E-state index in [2.05, 4.69) is 15.6 Å². The van der Waals surface area contributed by atoms with Gasteiger partial charge in [0.05, 0.1) is 6.42 Å². The Balaban J connectivity index is 1.56. The lowest BCUT2D eigenvalue weighted by atomic mass is 10.1. The van der Waals surface area contributed by atoms with Crippen LogP contribution >= 0.6 is 0 Å². The summed E-state index contributed by atoms with van der Waals surface area (Å²) in [4.78, 5) is 26.1. The van der Waals surface area contributed by atoms with Crippen molar-refractivity contribution in [2.45, 2.75) is 13.0 Å². The number of nitrogens with two attached hydrogens (primary N) is 1. The second kappa shape index (κ2) is 6.87. The Hall–Kier alpha value is -3.28. The first-order valence-corrected chi connectivity index (χ1v) is 7.59. The number of nitrogens with one attached hydrogen (secondary N) is 3. The summed E-state index contributed by atoms with van der Waals surface area (Å²) >= 11 is 0. The van der Waals surface area contributed by atoms with Crippen LogP contribution in [0.15, 0.2) is 54.7 Å². The number of carbonyl (C=O) groups excluding carboxylic acids is 2. The molecule has 2 aromatic carbocycles. The average Bonchev–Trinajstić information content (AvgIpc) is 2.97. The molecule has 0 aliphatic rings. The van der Waals surface area contributed by atoms with Gasteiger partial charge in [0.25, 0.3) is 0 Å². The number of aromatic nitrogens is 1. The zero-order chi connectivity index (χ0) is 16.9. The first-order valence-electron chi connectivity index (χ1n) is 7.59. The van der Waals surface area contributed by atoms with Gasteiger partial charge in [-0.15, -0.1) is 0 Å². The molecule has 0 aliphatic heterocycles. The number of rotatable bonds is 5. The average molecular weight is 322 g/mol. The molecule has 0 fully saturated rings. The number of hydrogen-bond donors (Lipinski definition) is 4. The maximum absolute atomic E-state index is 12.1. The minimum atomic E-state index is -0.602. The van der Waals surface area contributed by atoms with Crippen molar-refractivity contribution in [2.24, 2.45) is 5.73 Å². The maximum Gasteiger partial charge on any atom is 0.316 e. The summed E-state index contributed by atoms with van der Waals surface area (Å²) in [7, 11) is 0. The number of H-pyrrole nitrogens is 1. The fraction of sp³-hybridized carbons (Fsp3) is 0.111. The Bertz CT molecular complexity index is 868. The summed E-state index contributed by atoms with van der Waals surface area (Å²) in [6.07, 6.45) is 2.19. The largest absolute Gasteiger partial charge is 0.361 e. The van der Waals surface area contributed by atoms with Crippen molar-refractivity contribution >= 4 is 28.5 Å². The van der Waals surface area contributed by atoms with Gasteiger partial charge in [0.1, 0.15) is 0 Å². The van der Waals surface area contributed by atoms with E-state index in [9.17, 15) is 9.59 Å². The van der Waals surface area contributed by atoms with E-state index in [0.717, 1.165) is 22.0 Å². The second-order valence-electron chi connectivity index (χ2n) is 5.50. The van der Waals surface area contributed by atoms with E-state index in [1.165, 1.54) is 0 Å². The molecule has 1 aromatic heterocycles. The van der Waals surface area contributed by atoms with Crippen LogP contribution in [-0.2, 0) is 17.8 Å². The van der Waals surface area contributed by atoms with Crippen LogP contribution in [0.25, 0.3) is 10.9 Å². The van der Waals surface area contributed by atoms with Crippen LogP contribution in [0, 0.1) is 0 Å². The first kappa shape index (κ1) is 15.6. The molecular weight excluding hydrogens is 304 g/mol. The number of anilines is 1. The summed E-state index contributed by atoms with van der Waals surface area (Å²) in [6.45, 7) is 0.429. The molecule has 0 saturated heterocycles. The van der Waals surface area contributed by atoms with Crippen molar-refractivity contribution in [3.8, 4) is 0 Å². The highest BCUT2D eigenvalue weighted by atomic mass is 16.2. The summed E-state index contributed by atoms with van der Waals surface area (Å²) in [5.74, 6) is -0.0425. The van der Waals surface area contributed by atoms with Gasteiger partial charge in [-0.1, -0.05) is 30.3 Å². The second-order valence-corrected chi connectivity index (χ2v) is 5.50. The molecule has 0 spiro atoms. The Morgan fingerprint density at radius 3 is 2.54 bits per heavy atom. The van der Waals surface area contributed by atoms with Crippen LogP contribution in [0.4, 0.5) is 10.5 Å². The van der Waals surface area contributed by atoms with Crippen molar-refractivity contribution in [3.05, 3.63) is 65.9 Å². The number of urea groups is 1. The molecule has 122 valence electrons. The van der Waals surface area contributed by atoms with E-state index in [1.807, 2.05) is 42.6 Å². The maximum atomic E-state index is 12.1. The van der Waals surface area contributed by atoms with Gasteiger partial charge < -0.3 is 21.4 Å². The van der Waals surface area contributed by atoms with Crippen LogP contribution in [0.3, 0.4) is 0 Å². The van der Waals surface area contributed by atoms with Crippen molar-refractivity contribution in [2.75, 3.05) is 5.32 Å². The van der Waals surface area contributed by atoms with Crippen molar-refractivity contribution in [1.29, 1.82) is 0 Å². The lowest BCUT2D eigenvalue weighted by molar-refractivity contribution is -0.120. The number of benzene rings is 2. The third-order valence-corrected chi connectivity index (χ3v) is 3.74. The first-order chi connectivity index (χ1) is 11.6. The lowest BCUT2D eigenvalue weighted by Gasteiger charge is -2.07. The van der Waals surface area contributed by atoms with Gasteiger partial charge >= 0.3 is 6.03 Å². The number of amides is 3. The normalized spacial score (nSPS) is 10.5. The molecule has 3 aromatic rings. The van der Waals surface area contributed by atoms with Gasteiger partial charge in [-0.3, -0.25) is 4.79 Å². The lowest BCUT2D eigenvalue weighted by Crippen LogP contribution is -2.24. The highest BCUT2D eigenvalue weighted by molar-refractivity contribution is 5.89. The quantitative estimate of drug-likeness (QED) is 0.580. The van der Waals surface area contributed by atoms with E-state index in [1.54, 1.807) is 12.1 Å². The SMILES string of the molecule is NC(=O)Nc1ccc(CNC(=O)Cc2c[nH]c3ccccc23)cc1. The van der Waals surface area contributed by atoms with Gasteiger partial charge in [0.15, 0.2) is 0 Å². The van der Waals surface area contributed by atoms with Crippen LogP contribution in [-0.4, -0.2) is 16.9 Å². The topological polar surface area (TPSA) is 100 Å². The Morgan fingerprint density at radius 2 is 1.79 bits per heavy atom. The predicted molar refractivity (Wildman–Crippen MR) is 93.5 cm³/mol. The molecule has 0 aliphatic carbocycles.